The maximum Gasteiger partial charge on any atom is 0.191 e. The van der Waals surface area contributed by atoms with Crippen molar-refractivity contribution in [2.24, 2.45) is 10.7 Å². The van der Waals surface area contributed by atoms with Crippen molar-refractivity contribution in [3.63, 3.8) is 0 Å². The van der Waals surface area contributed by atoms with Crippen LogP contribution in [-0.2, 0) is 6.54 Å². The van der Waals surface area contributed by atoms with Crippen LogP contribution in [0.4, 0.5) is 0 Å². The number of rotatable bonds is 2. The molecule has 0 aliphatic carbocycles. The van der Waals surface area contributed by atoms with Gasteiger partial charge in [0.15, 0.2) is 5.96 Å². The Morgan fingerprint density at radius 1 is 1.35 bits per heavy atom. The molecular weight excluding hydrogens is 214 g/mol. The van der Waals surface area contributed by atoms with Gasteiger partial charge in [0, 0.05) is 18.7 Å². The number of aryl methyl sites for hydroxylation is 2. The first-order valence-electron chi connectivity index (χ1n) is 6.27. The monoisotopic (exact) mass is 235 g/mol. The smallest absolute Gasteiger partial charge is 0.191 e. The Balaban J connectivity index is 1.97. The Labute approximate surface area is 102 Å². The van der Waals surface area contributed by atoms with Crippen LogP contribution in [0.1, 0.15) is 36.3 Å². The average Bonchev–Trinajstić information content (AvgIpc) is 2.66. The lowest BCUT2D eigenvalue weighted by molar-refractivity contribution is 0.338. The predicted molar refractivity (Wildman–Crippen MR) is 68.9 cm³/mol. The number of guanidine groups is 1. The van der Waals surface area contributed by atoms with Gasteiger partial charge in [-0.05, 0) is 39.2 Å². The van der Waals surface area contributed by atoms with Crippen molar-refractivity contribution in [3.8, 4) is 0 Å². The molecule has 0 aromatic carbocycles. The van der Waals surface area contributed by atoms with Gasteiger partial charge in [-0.1, -0.05) is 0 Å². The zero-order chi connectivity index (χ0) is 12.3. The van der Waals surface area contributed by atoms with Crippen LogP contribution in [0.2, 0.25) is 0 Å². The number of nitrogens with two attached hydrogens (primary N) is 1. The molecule has 1 aromatic rings. The zero-order valence-corrected chi connectivity index (χ0v) is 10.7. The SMILES string of the molecule is Cc1cc(CN=C(N)N2CCCCC2)c(C)o1. The van der Waals surface area contributed by atoms with Crippen molar-refractivity contribution < 1.29 is 4.42 Å². The van der Waals surface area contributed by atoms with Crippen LogP contribution in [0.5, 0.6) is 0 Å². The Morgan fingerprint density at radius 3 is 2.65 bits per heavy atom. The zero-order valence-electron chi connectivity index (χ0n) is 10.7. The summed E-state index contributed by atoms with van der Waals surface area (Å²) >= 11 is 0. The van der Waals surface area contributed by atoms with Gasteiger partial charge in [-0.25, -0.2) is 4.99 Å². The summed E-state index contributed by atoms with van der Waals surface area (Å²) in [5, 5.41) is 0. The molecule has 0 atom stereocenters. The van der Waals surface area contributed by atoms with Gasteiger partial charge in [-0.3, -0.25) is 0 Å². The molecule has 1 aromatic heterocycles. The molecule has 0 saturated carbocycles. The second kappa shape index (κ2) is 5.25. The van der Waals surface area contributed by atoms with E-state index in [0.29, 0.717) is 12.5 Å². The lowest BCUT2D eigenvalue weighted by Gasteiger charge is -2.27. The van der Waals surface area contributed by atoms with Crippen molar-refractivity contribution in [1.29, 1.82) is 0 Å². The molecule has 0 spiro atoms. The molecule has 1 saturated heterocycles. The van der Waals surface area contributed by atoms with Crippen LogP contribution in [0.25, 0.3) is 0 Å². The third-order valence-corrected chi connectivity index (χ3v) is 3.24. The first kappa shape index (κ1) is 12.0. The van der Waals surface area contributed by atoms with E-state index < -0.39 is 0 Å². The number of furan rings is 1. The van der Waals surface area contributed by atoms with Crippen molar-refractivity contribution in [2.45, 2.75) is 39.7 Å². The third kappa shape index (κ3) is 3.02. The molecule has 2 rings (SSSR count). The summed E-state index contributed by atoms with van der Waals surface area (Å²) in [5.74, 6) is 2.55. The molecule has 94 valence electrons. The number of likely N-dealkylation sites (tertiary alicyclic amines) is 1. The summed E-state index contributed by atoms with van der Waals surface area (Å²) in [4.78, 5) is 6.62. The highest BCUT2D eigenvalue weighted by Crippen LogP contribution is 2.15. The number of hydrogen-bond acceptors (Lipinski definition) is 2. The highest BCUT2D eigenvalue weighted by molar-refractivity contribution is 5.78. The largest absolute Gasteiger partial charge is 0.466 e. The van der Waals surface area contributed by atoms with Crippen LogP contribution >= 0.6 is 0 Å². The second-order valence-corrected chi connectivity index (χ2v) is 4.66. The van der Waals surface area contributed by atoms with Gasteiger partial charge >= 0.3 is 0 Å². The van der Waals surface area contributed by atoms with E-state index in [2.05, 4.69) is 9.89 Å². The highest BCUT2D eigenvalue weighted by Gasteiger charge is 2.12. The molecule has 4 heteroatoms. The molecular formula is C13H21N3O. The summed E-state index contributed by atoms with van der Waals surface area (Å²) < 4.78 is 5.47. The minimum Gasteiger partial charge on any atom is -0.466 e. The lowest BCUT2D eigenvalue weighted by atomic mass is 10.1. The fourth-order valence-electron chi connectivity index (χ4n) is 2.23. The van der Waals surface area contributed by atoms with E-state index in [9.17, 15) is 0 Å². The van der Waals surface area contributed by atoms with E-state index in [1.807, 2.05) is 19.9 Å². The van der Waals surface area contributed by atoms with Crippen molar-refractivity contribution in [3.05, 3.63) is 23.2 Å². The normalized spacial score (nSPS) is 17.5. The molecule has 0 radical (unpaired) electrons. The quantitative estimate of drug-likeness (QED) is 0.631. The van der Waals surface area contributed by atoms with Crippen molar-refractivity contribution >= 4 is 5.96 Å². The van der Waals surface area contributed by atoms with E-state index in [-0.39, 0.29) is 0 Å². The van der Waals surface area contributed by atoms with Gasteiger partial charge in [-0.15, -0.1) is 0 Å². The second-order valence-electron chi connectivity index (χ2n) is 4.66. The maximum atomic E-state index is 6.00. The van der Waals surface area contributed by atoms with E-state index in [1.54, 1.807) is 0 Å². The van der Waals surface area contributed by atoms with Crippen LogP contribution in [0.15, 0.2) is 15.5 Å². The number of nitrogens with zero attached hydrogens (tertiary/aromatic N) is 2. The Morgan fingerprint density at radius 2 is 2.06 bits per heavy atom. The van der Waals surface area contributed by atoms with E-state index in [4.69, 9.17) is 10.2 Å². The number of piperidine rings is 1. The van der Waals surface area contributed by atoms with Crippen LogP contribution < -0.4 is 5.73 Å². The Bertz CT molecular complexity index is 403. The van der Waals surface area contributed by atoms with Gasteiger partial charge in [0.2, 0.25) is 0 Å². The molecule has 1 aliphatic rings. The van der Waals surface area contributed by atoms with Gasteiger partial charge < -0.3 is 15.1 Å². The number of hydrogen-bond donors (Lipinski definition) is 1. The first-order chi connectivity index (χ1) is 8.16. The van der Waals surface area contributed by atoms with Crippen molar-refractivity contribution in [2.75, 3.05) is 13.1 Å². The van der Waals surface area contributed by atoms with E-state index in [1.165, 1.54) is 19.3 Å². The first-order valence-corrected chi connectivity index (χ1v) is 6.27. The highest BCUT2D eigenvalue weighted by atomic mass is 16.3. The van der Waals surface area contributed by atoms with Gasteiger partial charge in [0.25, 0.3) is 0 Å². The Kier molecular flexibility index (Phi) is 3.71. The van der Waals surface area contributed by atoms with E-state index in [0.717, 1.165) is 30.2 Å². The molecule has 1 fully saturated rings. The molecule has 0 bridgehead atoms. The fraction of sp³-hybridized carbons (Fsp3) is 0.615. The van der Waals surface area contributed by atoms with Gasteiger partial charge in [0.1, 0.15) is 11.5 Å². The molecule has 2 heterocycles. The minimum absolute atomic E-state index is 0.617. The molecule has 1 aliphatic heterocycles. The summed E-state index contributed by atoms with van der Waals surface area (Å²) in [6.07, 6.45) is 3.75. The van der Waals surface area contributed by atoms with Gasteiger partial charge in [-0.2, -0.15) is 0 Å². The summed E-state index contributed by atoms with van der Waals surface area (Å²) in [6.45, 7) is 6.62. The van der Waals surface area contributed by atoms with E-state index >= 15 is 0 Å². The molecule has 4 nitrogen and oxygen atoms in total. The summed E-state index contributed by atoms with van der Waals surface area (Å²) in [5.41, 5.74) is 7.13. The molecule has 0 unspecified atom stereocenters. The van der Waals surface area contributed by atoms with Crippen LogP contribution in [0, 0.1) is 13.8 Å². The topological polar surface area (TPSA) is 54.8 Å². The lowest BCUT2D eigenvalue weighted by Crippen LogP contribution is -2.40. The van der Waals surface area contributed by atoms with Crippen molar-refractivity contribution in [1.82, 2.24) is 4.90 Å². The van der Waals surface area contributed by atoms with Crippen LogP contribution in [0.3, 0.4) is 0 Å². The fourth-order valence-corrected chi connectivity index (χ4v) is 2.23. The summed E-state index contributed by atoms with van der Waals surface area (Å²) in [7, 11) is 0. The molecule has 0 amide bonds. The third-order valence-electron chi connectivity index (χ3n) is 3.24. The number of aliphatic imine (C=N–C) groups is 1. The molecule has 17 heavy (non-hydrogen) atoms. The molecule has 2 N–H and O–H groups in total. The Hall–Kier alpha value is -1.45. The van der Waals surface area contributed by atoms with Crippen LogP contribution in [-0.4, -0.2) is 23.9 Å². The average molecular weight is 235 g/mol. The minimum atomic E-state index is 0.617. The summed E-state index contributed by atoms with van der Waals surface area (Å²) in [6, 6.07) is 2.03. The standard InChI is InChI=1S/C13H21N3O/c1-10-8-12(11(2)17-10)9-15-13(14)16-6-4-3-5-7-16/h8H,3-7,9H2,1-2H3,(H2,14,15). The maximum absolute atomic E-state index is 6.00. The predicted octanol–water partition coefficient (Wildman–Crippen LogP) is 2.20. The van der Waals surface area contributed by atoms with Gasteiger partial charge in [0.05, 0.1) is 6.54 Å².